The minimum Gasteiger partial charge on any atom is -0.378 e. The zero-order valence-corrected chi connectivity index (χ0v) is 14.7. The van der Waals surface area contributed by atoms with Gasteiger partial charge in [0, 0.05) is 18.1 Å². The maximum atomic E-state index is 12.7. The predicted molar refractivity (Wildman–Crippen MR) is 93.5 cm³/mol. The highest BCUT2D eigenvalue weighted by atomic mass is 35.5. The monoisotopic (exact) mass is 338 g/mol. The van der Waals surface area contributed by atoms with Gasteiger partial charge in [0.1, 0.15) is 5.54 Å². The number of carbonyl (C=O) groups excluding carboxylic acids is 1. The lowest BCUT2D eigenvalue weighted by Crippen LogP contribution is -2.69. The first kappa shape index (κ1) is 18.2. The van der Waals surface area contributed by atoms with Crippen molar-refractivity contribution in [3.05, 3.63) is 35.9 Å². The van der Waals surface area contributed by atoms with Crippen LogP contribution in [0.1, 0.15) is 45.1 Å². The molecule has 0 saturated heterocycles. The Balaban J connectivity index is 0.00000192. The van der Waals surface area contributed by atoms with E-state index in [2.05, 4.69) is 5.32 Å². The van der Waals surface area contributed by atoms with Gasteiger partial charge < -0.3 is 15.8 Å². The molecule has 5 heteroatoms. The zero-order chi connectivity index (χ0) is 15.8. The highest BCUT2D eigenvalue weighted by Crippen LogP contribution is 2.57. The van der Waals surface area contributed by atoms with Crippen molar-refractivity contribution in [3.8, 4) is 0 Å². The Kier molecular flexibility index (Phi) is 5.39. The summed E-state index contributed by atoms with van der Waals surface area (Å²) in [6.07, 6.45) is 4.74. The van der Waals surface area contributed by atoms with E-state index in [0.717, 1.165) is 31.4 Å². The van der Waals surface area contributed by atoms with E-state index < -0.39 is 5.54 Å². The van der Waals surface area contributed by atoms with E-state index in [-0.39, 0.29) is 29.8 Å². The molecule has 0 bridgehead atoms. The Hall–Kier alpha value is -1.10. The van der Waals surface area contributed by atoms with Crippen molar-refractivity contribution < 1.29 is 9.53 Å². The summed E-state index contributed by atoms with van der Waals surface area (Å²) in [6, 6.07) is 9.77. The van der Waals surface area contributed by atoms with E-state index in [1.54, 1.807) is 6.92 Å². The van der Waals surface area contributed by atoms with E-state index in [1.807, 2.05) is 37.3 Å². The molecule has 0 aliphatic heterocycles. The van der Waals surface area contributed by atoms with Gasteiger partial charge in [-0.2, -0.15) is 0 Å². The first-order chi connectivity index (χ1) is 10.5. The molecular weight excluding hydrogens is 312 g/mol. The summed E-state index contributed by atoms with van der Waals surface area (Å²) in [5, 5.41) is 3.19. The van der Waals surface area contributed by atoms with Gasteiger partial charge in [0.15, 0.2) is 0 Å². The van der Waals surface area contributed by atoms with E-state index in [0.29, 0.717) is 6.10 Å². The molecule has 3 atom stereocenters. The summed E-state index contributed by atoms with van der Waals surface area (Å²) in [7, 11) is 0. The van der Waals surface area contributed by atoms with Crippen molar-refractivity contribution in [3.63, 3.8) is 0 Å². The Labute approximate surface area is 144 Å². The normalized spacial score (nSPS) is 27.1. The van der Waals surface area contributed by atoms with Gasteiger partial charge in [-0.3, -0.25) is 4.79 Å². The number of amides is 1. The van der Waals surface area contributed by atoms with Crippen molar-refractivity contribution in [1.29, 1.82) is 0 Å². The van der Waals surface area contributed by atoms with Crippen LogP contribution < -0.4 is 11.1 Å². The number of nitrogens with one attached hydrogen (secondary N) is 1. The second-order valence-corrected chi connectivity index (χ2v) is 6.86. The van der Waals surface area contributed by atoms with Crippen LogP contribution in [0.15, 0.2) is 30.3 Å². The van der Waals surface area contributed by atoms with Crippen molar-refractivity contribution in [1.82, 2.24) is 5.32 Å². The molecule has 1 aromatic rings. The van der Waals surface area contributed by atoms with Gasteiger partial charge in [-0.25, -0.2) is 0 Å². The summed E-state index contributed by atoms with van der Waals surface area (Å²) >= 11 is 0. The van der Waals surface area contributed by atoms with Gasteiger partial charge >= 0.3 is 0 Å². The molecule has 1 amide bonds. The topological polar surface area (TPSA) is 64.3 Å². The number of rotatable bonds is 5. The Morgan fingerprint density at radius 2 is 2.04 bits per heavy atom. The standard InChI is InChI=1S/C18H26N2O2.ClH/c1-3-22-15-12-14(18(15)10-7-11-18)20-16(21)17(2,19)13-8-5-4-6-9-13;/h4-6,8-9,14-15H,3,7,10-12,19H2,1-2H3,(H,20,21);1H. The lowest BCUT2D eigenvalue weighted by atomic mass is 9.51. The Bertz CT molecular complexity index is 543. The highest BCUT2D eigenvalue weighted by molar-refractivity contribution is 5.87. The van der Waals surface area contributed by atoms with E-state index in [4.69, 9.17) is 10.5 Å². The van der Waals surface area contributed by atoms with Crippen LogP contribution in [0.2, 0.25) is 0 Å². The third-order valence-corrected chi connectivity index (χ3v) is 5.59. The highest BCUT2D eigenvalue weighted by Gasteiger charge is 2.59. The van der Waals surface area contributed by atoms with Crippen LogP contribution in [0, 0.1) is 5.41 Å². The minimum absolute atomic E-state index is 0. The molecule has 128 valence electrons. The molecule has 0 aromatic heterocycles. The van der Waals surface area contributed by atoms with Crippen LogP contribution in [-0.4, -0.2) is 24.7 Å². The lowest BCUT2D eigenvalue weighted by Gasteiger charge is -2.61. The summed E-state index contributed by atoms with van der Waals surface area (Å²) in [4.78, 5) is 12.7. The summed E-state index contributed by atoms with van der Waals surface area (Å²) in [5.41, 5.74) is 6.32. The number of hydrogen-bond acceptors (Lipinski definition) is 3. The van der Waals surface area contributed by atoms with Gasteiger partial charge in [0.2, 0.25) is 5.91 Å². The molecule has 0 heterocycles. The molecule has 1 aromatic carbocycles. The SMILES string of the molecule is CCOC1CC(NC(=O)C(C)(N)c2ccccc2)C12CCC2.Cl. The minimum atomic E-state index is -0.997. The number of carbonyl (C=O) groups is 1. The molecule has 3 N–H and O–H groups in total. The van der Waals surface area contributed by atoms with E-state index >= 15 is 0 Å². The van der Waals surface area contributed by atoms with Crippen LogP contribution >= 0.6 is 12.4 Å². The molecule has 2 aliphatic rings. The van der Waals surface area contributed by atoms with Crippen LogP contribution in [0.4, 0.5) is 0 Å². The predicted octanol–water partition coefficient (Wildman–Crippen LogP) is 2.75. The van der Waals surface area contributed by atoms with Crippen molar-refractivity contribution in [2.45, 2.75) is 57.2 Å². The van der Waals surface area contributed by atoms with Crippen LogP contribution in [0.5, 0.6) is 0 Å². The smallest absolute Gasteiger partial charge is 0.244 e. The number of hydrogen-bond donors (Lipinski definition) is 2. The second-order valence-electron chi connectivity index (χ2n) is 6.86. The average molecular weight is 339 g/mol. The maximum absolute atomic E-state index is 12.7. The molecule has 1 spiro atoms. The second kappa shape index (κ2) is 6.80. The molecular formula is C18H27ClN2O2. The number of benzene rings is 1. The Morgan fingerprint density at radius 1 is 1.39 bits per heavy atom. The molecule has 4 nitrogen and oxygen atoms in total. The third-order valence-electron chi connectivity index (χ3n) is 5.59. The lowest BCUT2D eigenvalue weighted by molar-refractivity contribution is -0.177. The van der Waals surface area contributed by atoms with Gasteiger partial charge in [-0.1, -0.05) is 36.8 Å². The van der Waals surface area contributed by atoms with Crippen molar-refractivity contribution in [2.24, 2.45) is 11.1 Å². The largest absolute Gasteiger partial charge is 0.378 e. The molecule has 2 aliphatic carbocycles. The van der Waals surface area contributed by atoms with E-state index in [1.165, 1.54) is 6.42 Å². The fourth-order valence-corrected chi connectivity index (χ4v) is 3.86. The Morgan fingerprint density at radius 3 is 2.57 bits per heavy atom. The molecule has 2 fully saturated rings. The van der Waals surface area contributed by atoms with Crippen LogP contribution in [0.25, 0.3) is 0 Å². The average Bonchev–Trinajstić information content (AvgIpc) is 2.45. The zero-order valence-electron chi connectivity index (χ0n) is 13.9. The first-order valence-corrected chi connectivity index (χ1v) is 8.27. The molecule has 23 heavy (non-hydrogen) atoms. The van der Waals surface area contributed by atoms with Crippen molar-refractivity contribution >= 4 is 18.3 Å². The summed E-state index contributed by atoms with van der Waals surface area (Å²) in [5.74, 6) is -0.0927. The van der Waals surface area contributed by atoms with Crippen LogP contribution in [-0.2, 0) is 15.1 Å². The maximum Gasteiger partial charge on any atom is 0.244 e. The number of halogens is 1. The first-order valence-electron chi connectivity index (χ1n) is 8.27. The summed E-state index contributed by atoms with van der Waals surface area (Å²) in [6.45, 7) is 4.56. The van der Waals surface area contributed by atoms with Gasteiger partial charge in [0.25, 0.3) is 0 Å². The van der Waals surface area contributed by atoms with Crippen molar-refractivity contribution in [2.75, 3.05) is 6.61 Å². The quantitative estimate of drug-likeness (QED) is 0.867. The van der Waals surface area contributed by atoms with Gasteiger partial charge in [0.05, 0.1) is 6.10 Å². The fourth-order valence-electron chi connectivity index (χ4n) is 3.86. The molecule has 2 saturated carbocycles. The van der Waals surface area contributed by atoms with Crippen LogP contribution in [0.3, 0.4) is 0 Å². The van der Waals surface area contributed by atoms with Gasteiger partial charge in [-0.15, -0.1) is 12.4 Å². The van der Waals surface area contributed by atoms with Gasteiger partial charge in [-0.05, 0) is 38.7 Å². The summed E-state index contributed by atoms with van der Waals surface area (Å²) < 4.78 is 5.84. The molecule has 0 radical (unpaired) electrons. The molecule has 3 rings (SSSR count). The fraction of sp³-hybridized carbons (Fsp3) is 0.611. The molecule has 3 unspecified atom stereocenters. The van der Waals surface area contributed by atoms with E-state index in [9.17, 15) is 4.79 Å². The number of nitrogens with two attached hydrogens (primary N) is 1. The third kappa shape index (κ3) is 3.00. The number of ether oxygens (including phenoxy) is 1.